The van der Waals surface area contributed by atoms with Crippen molar-refractivity contribution in [2.45, 2.75) is 153 Å². The van der Waals surface area contributed by atoms with Gasteiger partial charge in [-0.3, -0.25) is 4.79 Å². The van der Waals surface area contributed by atoms with Crippen molar-refractivity contribution in [1.82, 2.24) is 0 Å². The Morgan fingerprint density at radius 3 is 1.81 bits per heavy atom. The Hall–Kier alpha value is -1.31. The van der Waals surface area contributed by atoms with Crippen LogP contribution in [0.1, 0.15) is 164 Å². The van der Waals surface area contributed by atoms with Gasteiger partial charge in [0.05, 0.1) is 6.61 Å². The molecule has 2 aliphatic carbocycles. The van der Waals surface area contributed by atoms with Gasteiger partial charge in [-0.1, -0.05) is 121 Å². The monoisotopic (exact) mass is 519 g/mol. The lowest BCUT2D eigenvalue weighted by Crippen LogP contribution is -2.33. The van der Waals surface area contributed by atoms with E-state index in [4.69, 9.17) is 4.74 Å². The van der Waals surface area contributed by atoms with Crippen LogP contribution in [-0.2, 0) is 0 Å². The van der Waals surface area contributed by atoms with Gasteiger partial charge >= 0.3 is 0 Å². The molecule has 0 spiro atoms. The lowest BCUT2D eigenvalue weighted by Gasteiger charge is -2.41. The van der Waals surface area contributed by atoms with Crippen molar-refractivity contribution >= 4 is 5.78 Å². The molecule has 0 saturated heterocycles. The summed E-state index contributed by atoms with van der Waals surface area (Å²) in [4.78, 5) is 11.7. The van der Waals surface area contributed by atoms with E-state index in [2.05, 4.69) is 27.7 Å². The van der Waals surface area contributed by atoms with E-state index in [1.807, 2.05) is 72.7 Å². The summed E-state index contributed by atoms with van der Waals surface area (Å²) < 4.78 is 6.13. The van der Waals surface area contributed by atoms with Crippen LogP contribution in [0.5, 0.6) is 5.75 Å². The molecule has 2 aliphatic rings. The highest BCUT2D eigenvalue weighted by molar-refractivity contribution is 5.95. The number of benzene rings is 1. The summed E-state index contributed by atoms with van der Waals surface area (Å²) in [6, 6.07) is 7.70. The van der Waals surface area contributed by atoms with E-state index in [0.717, 1.165) is 29.8 Å². The van der Waals surface area contributed by atoms with Crippen LogP contribution < -0.4 is 4.74 Å². The van der Waals surface area contributed by atoms with Crippen LogP contribution in [0.3, 0.4) is 0 Å². The predicted molar refractivity (Wildman–Crippen MR) is 167 cm³/mol. The third-order valence-electron chi connectivity index (χ3n) is 7.17. The van der Waals surface area contributed by atoms with Gasteiger partial charge in [-0.2, -0.15) is 0 Å². The van der Waals surface area contributed by atoms with E-state index in [9.17, 15) is 4.79 Å². The van der Waals surface area contributed by atoms with Crippen molar-refractivity contribution in [3.8, 4) is 5.75 Å². The normalized spacial score (nSPS) is 19.2. The minimum Gasteiger partial charge on any atom is -0.493 e. The summed E-state index contributed by atoms with van der Waals surface area (Å²) in [6.45, 7) is 24.0. The number of carbonyl (C=O) groups is 1. The molecule has 1 aromatic rings. The number of hydrogen-bond donors (Lipinski definition) is 0. The van der Waals surface area contributed by atoms with Gasteiger partial charge in [-0.05, 0) is 73.1 Å². The zero-order valence-electron chi connectivity index (χ0n) is 27.1. The summed E-state index contributed by atoms with van der Waals surface area (Å²) in [7, 11) is 0. The largest absolute Gasteiger partial charge is 0.493 e. The molecule has 218 valence electrons. The molecule has 3 rings (SSSR count). The van der Waals surface area contributed by atoms with Crippen LogP contribution in [0.2, 0.25) is 0 Å². The topological polar surface area (TPSA) is 26.3 Å². The first-order valence-electron chi connectivity index (χ1n) is 16.1. The molecule has 0 bridgehead atoms. The second-order valence-corrected chi connectivity index (χ2v) is 10.8. The van der Waals surface area contributed by atoms with E-state index in [1.165, 1.54) is 70.6 Å². The fourth-order valence-electron chi connectivity index (χ4n) is 4.90. The van der Waals surface area contributed by atoms with Crippen molar-refractivity contribution in [2.24, 2.45) is 23.2 Å². The van der Waals surface area contributed by atoms with E-state index in [1.54, 1.807) is 0 Å². The van der Waals surface area contributed by atoms with Crippen molar-refractivity contribution in [2.75, 3.05) is 6.61 Å². The first kappa shape index (κ1) is 37.8. The van der Waals surface area contributed by atoms with E-state index in [-0.39, 0.29) is 5.78 Å². The van der Waals surface area contributed by atoms with Gasteiger partial charge in [-0.25, -0.2) is 0 Å². The molecule has 0 aliphatic heterocycles. The lowest BCUT2D eigenvalue weighted by atomic mass is 9.66. The SMILES string of the molecule is CC.CC.CC.CCC(=O)c1ccc(OC[C@H]2CC(C)(C)CCC2CC2CC2)cc1.CCCCCCC. The molecular weight excluding hydrogens is 452 g/mol. The molecular formula is C35H66O2. The number of Topliss-reactive ketones (excluding diaryl/α,β-unsaturated/α-hetero) is 1. The minimum absolute atomic E-state index is 0.195. The molecule has 0 amide bonds. The van der Waals surface area contributed by atoms with Gasteiger partial charge < -0.3 is 4.74 Å². The minimum atomic E-state index is 0.195. The van der Waals surface area contributed by atoms with Gasteiger partial charge in [0.15, 0.2) is 5.78 Å². The quantitative estimate of drug-likeness (QED) is 0.215. The van der Waals surface area contributed by atoms with Gasteiger partial charge in [0.1, 0.15) is 5.75 Å². The van der Waals surface area contributed by atoms with Crippen molar-refractivity contribution in [3.63, 3.8) is 0 Å². The van der Waals surface area contributed by atoms with E-state index >= 15 is 0 Å². The summed E-state index contributed by atoms with van der Waals surface area (Å²) in [5.74, 6) is 3.60. The number of carbonyl (C=O) groups excluding carboxylic acids is 1. The molecule has 2 nitrogen and oxygen atoms in total. The zero-order chi connectivity index (χ0) is 28.7. The van der Waals surface area contributed by atoms with Crippen LogP contribution in [0.25, 0.3) is 0 Å². The highest BCUT2D eigenvalue weighted by Gasteiger charge is 2.38. The van der Waals surface area contributed by atoms with Crippen LogP contribution in [0.4, 0.5) is 0 Å². The average Bonchev–Trinajstić information content (AvgIpc) is 3.77. The van der Waals surface area contributed by atoms with Crippen LogP contribution in [0.15, 0.2) is 24.3 Å². The smallest absolute Gasteiger partial charge is 0.162 e. The Morgan fingerprint density at radius 1 is 0.811 bits per heavy atom. The molecule has 2 saturated carbocycles. The summed E-state index contributed by atoms with van der Waals surface area (Å²) >= 11 is 0. The molecule has 0 radical (unpaired) electrons. The number of rotatable bonds is 11. The van der Waals surface area contributed by atoms with E-state index in [0.29, 0.717) is 17.8 Å². The molecule has 2 fully saturated rings. The number of ketones is 1. The summed E-state index contributed by atoms with van der Waals surface area (Å²) in [5, 5.41) is 0. The number of hydrogen-bond acceptors (Lipinski definition) is 2. The van der Waals surface area contributed by atoms with Crippen LogP contribution >= 0.6 is 0 Å². The first-order valence-corrected chi connectivity index (χ1v) is 16.1. The van der Waals surface area contributed by atoms with Gasteiger partial charge in [0, 0.05) is 12.0 Å². The van der Waals surface area contributed by atoms with Crippen LogP contribution in [-0.4, -0.2) is 12.4 Å². The predicted octanol–water partition coefficient (Wildman–Crippen LogP) is 12.0. The second kappa shape index (κ2) is 23.8. The van der Waals surface area contributed by atoms with Crippen molar-refractivity contribution in [1.29, 1.82) is 0 Å². The Bertz CT molecular complexity index is 623. The van der Waals surface area contributed by atoms with E-state index < -0.39 is 0 Å². The molecule has 2 heteroatoms. The fraction of sp³-hybridized carbons (Fsp3) is 0.800. The Labute approximate surface area is 233 Å². The van der Waals surface area contributed by atoms with Crippen molar-refractivity contribution in [3.05, 3.63) is 29.8 Å². The van der Waals surface area contributed by atoms with Gasteiger partial charge in [0.25, 0.3) is 0 Å². The standard InChI is InChI=1S/C22H32O2.C7H16.3C2H6/c1-4-21(23)17-7-9-20(10-8-17)24-15-19-14-22(2,3)12-11-18(19)13-16-5-6-16;1-3-5-7-6-4-2;3*1-2/h7-10,16,18-19H,4-6,11-15H2,1-3H3;3-7H2,1-2H3;3*1-2H3/t18?,19-;;;;/m1..../s1. The Morgan fingerprint density at radius 2 is 1.35 bits per heavy atom. The second-order valence-electron chi connectivity index (χ2n) is 10.8. The molecule has 0 aromatic heterocycles. The zero-order valence-corrected chi connectivity index (χ0v) is 27.1. The average molecular weight is 519 g/mol. The summed E-state index contributed by atoms with van der Waals surface area (Å²) in [5.41, 5.74) is 1.24. The molecule has 1 aromatic carbocycles. The molecule has 0 N–H and O–H groups in total. The lowest BCUT2D eigenvalue weighted by molar-refractivity contribution is 0.0694. The molecule has 37 heavy (non-hydrogen) atoms. The fourth-order valence-corrected chi connectivity index (χ4v) is 4.90. The molecule has 0 heterocycles. The van der Waals surface area contributed by atoms with Crippen molar-refractivity contribution < 1.29 is 9.53 Å². The summed E-state index contributed by atoms with van der Waals surface area (Å²) in [6.07, 6.45) is 15.9. The maximum Gasteiger partial charge on any atom is 0.162 e. The third kappa shape index (κ3) is 17.8. The third-order valence-corrected chi connectivity index (χ3v) is 7.17. The van der Waals surface area contributed by atoms with Gasteiger partial charge in [-0.15, -0.1) is 0 Å². The number of unbranched alkanes of at least 4 members (excludes halogenated alkanes) is 4. The molecule has 2 atom stereocenters. The molecule has 1 unspecified atom stereocenters. The highest BCUT2D eigenvalue weighted by Crippen LogP contribution is 2.47. The maximum absolute atomic E-state index is 11.7. The number of ether oxygens (including phenoxy) is 1. The Balaban J connectivity index is 0. The maximum atomic E-state index is 11.7. The highest BCUT2D eigenvalue weighted by atomic mass is 16.5. The first-order chi connectivity index (χ1) is 17.9. The Kier molecular flexibility index (Phi) is 24.3. The van der Waals surface area contributed by atoms with Crippen LogP contribution in [0, 0.1) is 23.2 Å². The van der Waals surface area contributed by atoms with Gasteiger partial charge in [0.2, 0.25) is 0 Å².